The van der Waals surface area contributed by atoms with Crippen LogP contribution in [0.25, 0.3) is 11.2 Å². The highest BCUT2D eigenvalue weighted by Crippen LogP contribution is 2.45. The molecule has 1 saturated carbocycles. The molecule has 21 heavy (non-hydrogen) atoms. The summed E-state index contributed by atoms with van der Waals surface area (Å²) < 4.78 is 12.3. The van der Waals surface area contributed by atoms with Crippen molar-refractivity contribution in [2.24, 2.45) is 11.8 Å². The number of aliphatic hydroxyl groups is 1. The van der Waals surface area contributed by atoms with Crippen molar-refractivity contribution in [3.63, 3.8) is 0 Å². The lowest BCUT2D eigenvalue weighted by Gasteiger charge is -2.49. The quantitative estimate of drug-likeness (QED) is 0.789. The molecule has 2 aromatic rings. The van der Waals surface area contributed by atoms with Gasteiger partial charge in [0.2, 0.25) is 0 Å². The lowest BCUT2D eigenvalue weighted by molar-refractivity contribution is -0.135. The number of nitrogens with two attached hydrogens (primary N) is 1. The Hall–Kier alpha value is -1.77. The summed E-state index contributed by atoms with van der Waals surface area (Å²) in [4.78, 5) is 12.4. The fraction of sp³-hybridized carbons (Fsp3) is 0.615. The fourth-order valence-corrected chi connectivity index (χ4v) is 3.16. The first-order valence-electron chi connectivity index (χ1n) is 6.78. The van der Waals surface area contributed by atoms with Gasteiger partial charge in [0.05, 0.1) is 31.7 Å². The smallest absolute Gasteiger partial charge is 0.165 e. The number of nitrogen functional groups attached to an aromatic ring is 1. The minimum absolute atomic E-state index is 0.0385. The number of methoxy groups -OCH3 is 2. The average molecular weight is 293 g/mol. The van der Waals surface area contributed by atoms with Gasteiger partial charge in [-0.1, -0.05) is 0 Å². The molecule has 0 aromatic carbocycles. The van der Waals surface area contributed by atoms with E-state index in [2.05, 4.69) is 15.0 Å². The van der Waals surface area contributed by atoms with E-state index < -0.39 is 6.10 Å². The number of nitrogens with zero attached hydrogens (tertiary/aromatic N) is 4. The number of ether oxygens (including phenoxy) is 2. The van der Waals surface area contributed by atoms with Gasteiger partial charge in [0.15, 0.2) is 11.5 Å². The van der Waals surface area contributed by atoms with Crippen molar-refractivity contribution >= 4 is 17.0 Å². The number of anilines is 1. The summed E-state index contributed by atoms with van der Waals surface area (Å²) >= 11 is 0. The van der Waals surface area contributed by atoms with E-state index in [4.69, 9.17) is 15.2 Å². The van der Waals surface area contributed by atoms with E-state index in [1.807, 2.05) is 4.57 Å². The third-order valence-electron chi connectivity index (χ3n) is 4.20. The van der Waals surface area contributed by atoms with Gasteiger partial charge in [-0.25, -0.2) is 15.0 Å². The van der Waals surface area contributed by atoms with E-state index in [9.17, 15) is 5.11 Å². The zero-order valence-electron chi connectivity index (χ0n) is 12.0. The predicted molar refractivity (Wildman–Crippen MR) is 75.5 cm³/mol. The predicted octanol–water partition coefficient (Wildman–Crippen LogP) is -0.151. The highest BCUT2D eigenvalue weighted by atomic mass is 16.5. The molecule has 3 N–H and O–H groups in total. The standard InChI is InChI=1S/C13H19N5O3/c1-20-3-7-8(4-21-2)11(19)10(7)18-6-17-9-12(14)15-5-16-13(9)18/h5-8,10-11,19H,3-4H2,1-2H3,(H2,14,15,16)/t7-,8-,10+,11+/m1/s1. The number of imidazole rings is 1. The van der Waals surface area contributed by atoms with Gasteiger partial charge >= 0.3 is 0 Å². The molecule has 0 amide bonds. The molecule has 0 bridgehead atoms. The monoisotopic (exact) mass is 293 g/mol. The minimum atomic E-state index is -0.529. The number of fused-ring (bicyclic) bond motifs is 1. The molecular formula is C13H19N5O3. The third-order valence-corrected chi connectivity index (χ3v) is 4.20. The summed E-state index contributed by atoms with van der Waals surface area (Å²) in [5.74, 6) is 0.513. The number of aromatic nitrogens is 4. The second kappa shape index (κ2) is 5.55. The normalized spacial score (nSPS) is 28.7. The van der Waals surface area contributed by atoms with Crippen LogP contribution in [0.1, 0.15) is 6.04 Å². The first-order chi connectivity index (χ1) is 10.2. The number of rotatable bonds is 5. The largest absolute Gasteiger partial charge is 0.391 e. The number of hydrogen-bond donors (Lipinski definition) is 2. The fourth-order valence-electron chi connectivity index (χ4n) is 3.16. The highest BCUT2D eigenvalue weighted by molar-refractivity contribution is 5.81. The second-order valence-corrected chi connectivity index (χ2v) is 5.30. The van der Waals surface area contributed by atoms with Crippen molar-refractivity contribution < 1.29 is 14.6 Å². The van der Waals surface area contributed by atoms with E-state index in [1.165, 1.54) is 6.33 Å². The Balaban J connectivity index is 1.96. The van der Waals surface area contributed by atoms with Crippen molar-refractivity contribution in [2.75, 3.05) is 33.2 Å². The molecule has 0 radical (unpaired) electrons. The molecule has 3 rings (SSSR count). The molecule has 4 atom stereocenters. The molecule has 8 nitrogen and oxygen atoms in total. The zero-order chi connectivity index (χ0) is 15.0. The molecule has 0 saturated heterocycles. The number of hydrogen-bond acceptors (Lipinski definition) is 7. The van der Waals surface area contributed by atoms with Crippen LogP contribution in [0, 0.1) is 11.8 Å². The summed E-state index contributed by atoms with van der Waals surface area (Å²) in [7, 11) is 3.28. The Bertz CT molecular complexity index is 631. The van der Waals surface area contributed by atoms with Gasteiger partial charge in [0.1, 0.15) is 11.8 Å². The Morgan fingerprint density at radius 2 is 1.90 bits per heavy atom. The van der Waals surface area contributed by atoms with E-state index in [1.54, 1.807) is 20.5 Å². The molecular weight excluding hydrogens is 274 g/mol. The number of aliphatic hydroxyl groups excluding tert-OH is 1. The molecule has 1 aliphatic rings. The SMILES string of the molecule is COC[C@@H]1[C@@H](COC)[C@H](O)[C@H]1n1cnc2c(N)ncnc21. The first kappa shape index (κ1) is 14.2. The van der Waals surface area contributed by atoms with Gasteiger partial charge in [-0.3, -0.25) is 0 Å². The summed E-state index contributed by atoms with van der Waals surface area (Å²) in [6.45, 7) is 1.03. The topological polar surface area (TPSA) is 108 Å². The van der Waals surface area contributed by atoms with Crippen LogP contribution in [-0.4, -0.2) is 58.2 Å². The molecule has 1 fully saturated rings. The van der Waals surface area contributed by atoms with E-state index >= 15 is 0 Å². The lowest BCUT2D eigenvalue weighted by Crippen LogP contribution is -2.55. The van der Waals surface area contributed by atoms with Crippen LogP contribution in [0.3, 0.4) is 0 Å². The molecule has 2 heterocycles. The van der Waals surface area contributed by atoms with Crippen LogP contribution in [0.2, 0.25) is 0 Å². The zero-order valence-corrected chi connectivity index (χ0v) is 12.0. The molecule has 2 aromatic heterocycles. The molecule has 114 valence electrons. The summed E-state index contributed by atoms with van der Waals surface area (Å²) in [5, 5.41) is 10.4. The van der Waals surface area contributed by atoms with Crippen molar-refractivity contribution in [1.29, 1.82) is 0 Å². The van der Waals surface area contributed by atoms with Crippen molar-refractivity contribution in [2.45, 2.75) is 12.1 Å². The molecule has 0 unspecified atom stereocenters. The Morgan fingerprint density at radius 3 is 2.62 bits per heavy atom. The van der Waals surface area contributed by atoms with E-state index in [0.29, 0.717) is 30.2 Å². The van der Waals surface area contributed by atoms with Crippen LogP contribution in [0.4, 0.5) is 5.82 Å². The Morgan fingerprint density at radius 1 is 1.19 bits per heavy atom. The third kappa shape index (κ3) is 2.15. The maximum absolute atomic E-state index is 10.4. The van der Waals surface area contributed by atoms with Gasteiger partial charge in [-0.05, 0) is 0 Å². The van der Waals surface area contributed by atoms with Crippen molar-refractivity contribution in [3.05, 3.63) is 12.7 Å². The summed E-state index contributed by atoms with van der Waals surface area (Å²) in [5.41, 5.74) is 6.98. The second-order valence-electron chi connectivity index (χ2n) is 5.30. The first-order valence-corrected chi connectivity index (χ1v) is 6.78. The van der Waals surface area contributed by atoms with Gasteiger partial charge in [0.25, 0.3) is 0 Å². The molecule has 1 aliphatic carbocycles. The highest BCUT2D eigenvalue weighted by Gasteiger charge is 2.51. The van der Waals surface area contributed by atoms with Crippen molar-refractivity contribution in [3.8, 4) is 0 Å². The van der Waals surface area contributed by atoms with Gasteiger partial charge < -0.3 is 24.9 Å². The average Bonchev–Trinajstić information content (AvgIpc) is 2.90. The van der Waals surface area contributed by atoms with Crippen LogP contribution < -0.4 is 5.73 Å². The van der Waals surface area contributed by atoms with E-state index in [0.717, 1.165) is 0 Å². The minimum Gasteiger partial charge on any atom is -0.391 e. The van der Waals surface area contributed by atoms with Crippen LogP contribution in [-0.2, 0) is 9.47 Å². The molecule has 8 heteroatoms. The van der Waals surface area contributed by atoms with Gasteiger partial charge in [0, 0.05) is 26.1 Å². The summed E-state index contributed by atoms with van der Waals surface area (Å²) in [6, 6.07) is -0.149. The van der Waals surface area contributed by atoms with Crippen LogP contribution in [0.15, 0.2) is 12.7 Å². The molecule has 0 spiro atoms. The van der Waals surface area contributed by atoms with Gasteiger partial charge in [-0.2, -0.15) is 0 Å². The Labute approximate surface area is 121 Å². The maximum atomic E-state index is 10.4. The van der Waals surface area contributed by atoms with Crippen molar-refractivity contribution in [1.82, 2.24) is 19.5 Å². The Kier molecular flexibility index (Phi) is 3.75. The molecule has 0 aliphatic heterocycles. The summed E-state index contributed by atoms with van der Waals surface area (Å²) in [6.07, 6.45) is 2.52. The van der Waals surface area contributed by atoms with Crippen LogP contribution >= 0.6 is 0 Å². The lowest BCUT2D eigenvalue weighted by atomic mass is 9.67. The van der Waals surface area contributed by atoms with E-state index in [-0.39, 0.29) is 17.9 Å². The van der Waals surface area contributed by atoms with Crippen LogP contribution in [0.5, 0.6) is 0 Å². The van der Waals surface area contributed by atoms with Gasteiger partial charge in [-0.15, -0.1) is 0 Å². The maximum Gasteiger partial charge on any atom is 0.165 e.